The van der Waals surface area contributed by atoms with Crippen LogP contribution in [0.3, 0.4) is 0 Å². The van der Waals surface area contributed by atoms with Crippen molar-refractivity contribution in [2.75, 3.05) is 25.5 Å². The second kappa shape index (κ2) is 7.18. The molecule has 20 heavy (non-hydrogen) atoms. The van der Waals surface area contributed by atoms with Crippen LogP contribution in [-0.4, -0.2) is 42.2 Å². The number of carbonyl (C=O) groups is 2. The van der Waals surface area contributed by atoms with Crippen LogP contribution in [0.4, 0.5) is 10.5 Å². The molecule has 0 aliphatic heterocycles. The van der Waals surface area contributed by atoms with Crippen molar-refractivity contribution in [1.82, 2.24) is 4.90 Å². The van der Waals surface area contributed by atoms with Crippen molar-refractivity contribution in [3.05, 3.63) is 36.4 Å². The van der Waals surface area contributed by atoms with E-state index < -0.39 is 12.0 Å². The van der Waals surface area contributed by atoms with Crippen LogP contribution in [0, 0.1) is 6.92 Å². The Morgan fingerprint density at radius 2 is 2.20 bits per heavy atom. The lowest BCUT2D eigenvalue weighted by molar-refractivity contribution is -0.137. The lowest BCUT2D eigenvalue weighted by Crippen LogP contribution is -2.38. The molecule has 0 atom stereocenters. The van der Waals surface area contributed by atoms with Crippen molar-refractivity contribution in [2.45, 2.75) is 6.92 Å². The molecule has 0 saturated carbocycles. The standard InChI is InChI=1S/C14H18N2O4/c1-4-7-16(9-13(17)18)14(19)15-12-6-5-11(20-3)8-10(12)2/h4-6,8H,1,7,9H2,2-3H3,(H,15,19)(H,17,18). The number of amides is 2. The van der Waals surface area contributed by atoms with Crippen LogP contribution in [0.15, 0.2) is 30.9 Å². The Hall–Kier alpha value is -2.50. The van der Waals surface area contributed by atoms with E-state index in [0.717, 1.165) is 10.5 Å². The number of nitrogens with one attached hydrogen (secondary N) is 1. The van der Waals surface area contributed by atoms with Crippen LogP contribution in [0.25, 0.3) is 0 Å². The molecule has 2 N–H and O–H groups in total. The van der Waals surface area contributed by atoms with Gasteiger partial charge in [-0.2, -0.15) is 0 Å². The van der Waals surface area contributed by atoms with Gasteiger partial charge in [0.1, 0.15) is 12.3 Å². The molecule has 0 radical (unpaired) electrons. The number of nitrogens with zero attached hydrogens (tertiary/aromatic N) is 1. The van der Waals surface area contributed by atoms with E-state index >= 15 is 0 Å². The van der Waals surface area contributed by atoms with Gasteiger partial charge in [0.2, 0.25) is 0 Å². The first kappa shape index (κ1) is 15.6. The summed E-state index contributed by atoms with van der Waals surface area (Å²) >= 11 is 0. The fourth-order valence-electron chi connectivity index (χ4n) is 1.64. The van der Waals surface area contributed by atoms with E-state index in [0.29, 0.717) is 11.4 Å². The molecule has 2 amide bonds. The SMILES string of the molecule is C=CCN(CC(=O)O)C(=O)Nc1ccc(OC)cc1C. The first-order valence-electron chi connectivity index (χ1n) is 6.01. The highest BCUT2D eigenvalue weighted by Crippen LogP contribution is 2.21. The summed E-state index contributed by atoms with van der Waals surface area (Å²) in [6.45, 7) is 5.11. The van der Waals surface area contributed by atoms with Crippen molar-refractivity contribution in [3.63, 3.8) is 0 Å². The summed E-state index contributed by atoms with van der Waals surface area (Å²) in [5.74, 6) is -0.387. The normalized spacial score (nSPS) is 9.70. The monoisotopic (exact) mass is 278 g/mol. The third-order valence-electron chi connectivity index (χ3n) is 2.64. The molecule has 108 valence electrons. The van der Waals surface area contributed by atoms with Crippen LogP contribution >= 0.6 is 0 Å². The fraction of sp³-hybridized carbons (Fsp3) is 0.286. The highest BCUT2D eigenvalue weighted by molar-refractivity contribution is 5.92. The number of methoxy groups -OCH3 is 1. The lowest BCUT2D eigenvalue weighted by Gasteiger charge is -2.20. The molecule has 0 bridgehead atoms. The van der Waals surface area contributed by atoms with E-state index in [9.17, 15) is 9.59 Å². The maximum absolute atomic E-state index is 12.0. The number of anilines is 1. The summed E-state index contributed by atoms with van der Waals surface area (Å²) < 4.78 is 5.08. The minimum Gasteiger partial charge on any atom is -0.497 e. The minimum absolute atomic E-state index is 0.160. The van der Waals surface area contributed by atoms with Gasteiger partial charge in [-0.25, -0.2) is 4.79 Å². The summed E-state index contributed by atoms with van der Waals surface area (Å²) in [6, 6.07) is 4.72. The Labute approximate surface area is 117 Å². The van der Waals surface area contributed by atoms with Crippen molar-refractivity contribution in [2.24, 2.45) is 0 Å². The highest BCUT2D eigenvalue weighted by atomic mass is 16.5. The van der Waals surface area contributed by atoms with Gasteiger partial charge >= 0.3 is 12.0 Å². The number of ether oxygens (including phenoxy) is 1. The quantitative estimate of drug-likeness (QED) is 0.781. The molecule has 1 aromatic rings. The van der Waals surface area contributed by atoms with Gasteiger partial charge in [-0.15, -0.1) is 6.58 Å². The zero-order chi connectivity index (χ0) is 15.1. The van der Waals surface area contributed by atoms with E-state index in [2.05, 4.69) is 11.9 Å². The molecule has 0 unspecified atom stereocenters. The molecule has 1 rings (SSSR count). The van der Waals surface area contributed by atoms with E-state index in [1.165, 1.54) is 6.08 Å². The predicted molar refractivity (Wildman–Crippen MR) is 76.2 cm³/mol. The summed E-state index contributed by atoms with van der Waals surface area (Å²) in [5.41, 5.74) is 1.43. The number of carboxylic acids is 1. The summed E-state index contributed by atoms with van der Waals surface area (Å²) in [7, 11) is 1.56. The predicted octanol–water partition coefficient (Wildman–Crippen LogP) is 2.11. The fourth-order valence-corrected chi connectivity index (χ4v) is 1.64. The van der Waals surface area contributed by atoms with Gasteiger partial charge in [-0.1, -0.05) is 6.08 Å². The molecule has 0 fully saturated rings. The summed E-state index contributed by atoms with van der Waals surface area (Å²) in [4.78, 5) is 23.9. The van der Waals surface area contributed by atoms with E-state index in [1.54, 1.807) is 25.3 Å². The molecule has 0 aliphatic rings. The number of aliphatic carboxylic acids is 1. The van der Waals surface area contributed by atoms with Crippen LogP contribution in [0.5, 0.6) is 5.75 Å². The molecular weight excluding hydrogens is 260 g/mol. The largest absolute Gasteiger partial charge is 0.497 e. The first-order valence-corrected chi connectivity index (χ1v) is 6.01. The summed E-state index contributed by atoms with van der Waals surface area (Å²) in [6.07, 6.45) is 1.48. The molecule has 6 heteroatoms. The van der Waals surface area contributed by atoms with Crippen molar-refractivity contribution in [3.8, 4) is 5.75 Å². The third-order valence-corrected chi connectivity index (χ3v) is 2.64. The Balaban J connectivity index is 2.81. The van der Waals surface area contributed by atoms with Crippen molar-refractivity contribution < 1.29 is 19.4 Å². The lowest BCUT2D eigenvalue weighted by atomic mass is 10.2. The number of hydrogen-bond donors (Lipinski definition) is 2. The van der Waals surface area contributed by atoms with Crippen LogP contribution in [0.2, 0.25) is 0 Å². The van der Waals surface area contributed by atoms with Gasteiger partial charge in [-0.05, 0) is 30.7 Å². The molecule has 1 aromatic carbocycles. The topological polar surface area (TPSA) is 78.9 Å². The Morgan fingerprint density at radius 3 is 2.70 bits per heavy atom. The maximum Gasteiger partial charge on any atom is 0.323 e. The third kappa shape index (κ3) is 4.31. The number of hydrogen-bond acceptors (Lipinski definition) is 3. The molecule has 0 saturated heterocycles. The average molecular weight is 278 g/mol. The van der Waals surface area contributed by atoms with Gasteiger partial charge in [-0.3, -0.25) is 4.79 Å². The number of carboxylic acid groups (broad SMARTS) is 1. The number of urea groups is 1. The molecule has 0 heterocycles. The van der Waals surface area contributed by atoms with Crippen LogP contribution < -0.4 is 10.1 Å². The van der Waals surface area contributed by atoms with Gasteiger partial charge in [0.05, 0.1) is 7.11 Å². The Morgan fingerprint density at radius 1 is 1.50 bits per heavy atom. The van der Waals surface area contributed by atoms with Gasteiger partial charge in [0, 0.05) is 12.2 Å². The number of rotatable bonds is 6. The second-order valence-corrected chi connectivity index (χ2v) is 4.17. The Kier molecular flexibility index (Phi) is 5.58. The molecule has 6 nitrogen and oxygen atoms in total. The maximum atomic E-state index is 12.0. The van der Waals surface area contributed by atoms with E-state index in [1.807, 2.05) is 6.92 Å². The second-order valence-electron chi connectivity index (χ2n) is 4.17. The average Bonchev–Trinajstić information content (AvgIpc) is 2.40. The van der Waals surface area contributed by atoms with Crippen LogP contribution in [0.1, 0.15) is 5.56 Å². The molecule has 0 aromatic heterocycles. The van der Waals surface area contributed by atoms with Crippen LogP contribution in [-0.2, 0) is 4.79 Å². The number of carbonyl (C=O) groups excluding carboxylic acids is 1. The summed E-state index contributed by atoms with van der Waals surface area (Å²) in [5, 5.41) is 11.4. The first-order chi connectivity index (χ1) is 9.47. The molecule has 0 aliphatic carbocycles. The van der Waals surface area contributed by atoms with Gasteiger partial charge in [0.25, 0.3) is 0 Å². The van der Waals surface area contributed by atoms with Gasteiger partial charge in [0.15, 0.2) is 0 Å². The van der Waals surface area contributed by atoms with Gasteiger partial charge < -0.3 is 20.1 Å². The van der Waals surface area contributed by atoms with Crippen molar-refractivity contribution in [1.29, 1.82) is 0 Å². The number of aryl methyl sites for hydroxylation is 1. The Bertz CT molecular complexity index is 514. The smallest absolute Gasteiger partial charge is 0.323 e. The zero-order valence-electron chi connectivity index (χ0n) is 11.5. The molecular formula is C14H18N2O4. The highest BCUT2D eigenvalue weighted by Gasteiger charge is 2.16. The van der Waals surface area contributed by atoms with E-state index in [4.69, 9.17) is 9.84 Å². The molecule has 0 spiro atoms. The number of benzene rings is 1. The minimum atomic E-state index is -1.08. The van der Waals surface area contributed by atoms with E-state index in [-0.39, 0.29) is 13.1 Å². The zero-order valence-corrected chi connectivity index (χ0v) is 11.5. The van der Waals surface area contributed by atoms with Crippen molar-refractivity contribution >= 4 is 17.7 Å².